The van der Waals surface area contributed by atoms with Crippen molar-refractivity contribution in [3.05, 3.63) is 59.7 Å². The fourth-order valence-corrected chi connectivity index (χ4v) is 1.95. The summed E-state index contributed by atoms with van der Waals surface area (Å²) < 4.78 is 31.5. The van der Waals surface area contributed by atoms with Gasteiger partial charge in [0.15, 0.2) is 0 Å². The first kappa shape index (κ1) is 13.1. The molecule has 1 N–H and O–H groups in total. The maximum Gasteiger partial charge on any atom is 0.133 e. The van der Waals surface area contributed by atoms with Crippen LogP contribution in [0.4, 0.5) is 8.78 Å². The molecule has 1 saturated carbocycles. The molecular formula is C16H15F2NO. The van der Waals surface area contributed by atoms with E-state index in [0.29, 0.717) is 11.8 Å². The van der Waals surface area contributed by atoms with Gasteiger partial charge >= 0.3 is 0 Å². The van der Waals surface area contributed by atoms with Crippen LogP contribution in [0.25, 0.3) is 0 Å². The second kappa shape index (κ2) is 5.59. The van der Waals surface area contributed by atoms with Gasteiger partial charge in [0.05, 0.1) is 0 Å². The molecule has 1 fully saturated rings. The van der Waals surface area contributed by atoms with E-state index in [1.54, 1.807) is 12.1 Å². The zero-order valence-electron chi connectivity index (χ0n) is 10.9. The Kier molecular flexibility index (Phi) is 3.65. The maximum atomic E-state index is 13.0. The molecule has 2 aromatic rings. The number of rotatable bonds is 5. The van der Waals surface area contributed by atoms with Gasteiger partial charge in [-0.2, -0.15) is 0 Å². The Morgan fingerprint density at radius 2 is 1.60 bits per heavy atom. The largest absolute Gasteiger partial charge is 0.457 e. The van der Waals surface area contributed by atoms with Crippen LogP contribution >= 0.6 is 0 Å². The monoisotopic (exact) mass is 275 g/mol. The van der Waals surface area contributed by atoms with E-state index in [1.165, 1.54) is 12.8 Å². The Morgan fingerprint density at radius 3 is 2.20 bits per heavy atom. The first-order valence-electron chi connectivity index (χ1n) is 6.65. The van der Waals surface area contributed by atoms with Crippen molar-refractivity contribution < 1.29 is 13.5 Å². The van der Waals surface area contributed by atoms with Crippen molar-refractivity contribution in [3.8, 4) is 11.5 Å². The number of halogens is 2. The highest BCUT2D eigenvalue weighted by Gasteiger charge is 2.19. The Bertz CT molecular complexity index is 574. The maximum absolute atomic E-state index is 13.0. The van der Waals surface area contributed by atoms with Crippen LogP contribution in [-0.2, 0) is 6.54 Å². The van der Waals surface area contributed by atoms with Gasteiger partial charge in [-0.1, -0.05) is 12.1 Å². The number of benzene rings is 2. The molecule has 20 heavy (non-hydrogen) atoms. The molecule has 1 aliphatic carbocycles. The number of ether oxygens (including phenoxy) is 1. The molecule has 0 heterocycles. The number of hydrogen-bond donors (Lipinski definition) is 1. The quantitative estimate of drug-likeness (QED) is 0.890. The molecule has 2 nitrogen and oxygen atoms in total. The SMILES string of the molecule is Fc1cc(F)cc(Oc2ccc(CNC3CC3)cc2)c1. The molecule has 0 aromatic heterocycles. The van der Waals surface area contributed by atoms with Gasteiger partial charge in [-0.15, -0.1) is 0 Å². The van der Waals surface area contributed by atoms with Crippen molar-refractivity contribution >= 4 is 0 Å². The summed E-state index contributed by atoms with van der Waals surface area (Å²) in [6, 6.07) is 11.3. The van der Waals surface area contributed by atoms with Gasteiger partial charge in [0.2, 0.25) is 0 Å². The van der Waals surface area contributed by atoms with Gasteiger partial charge in [-0.05, 0) is 30.5 Å². The van der Waals surface area contributed by atoms with Crippen LogP contribution in [0.3, 0.4) is 0 Å². The minimum absolute atomic E-state index is 0.159. The predicted molar refractivity (Wildman–Crippen MR) is 72.7 cm³/mol. The molecule has 0 bridgehead atoms. The van der Waals surface area contributed by atoms with Crippen LogP contribution in [0.2, 0.25) is 0 Å². The Morgan fingerprint density at radius 1 is 0.950 bits per heavy atom. The molecule has 0 amide bonds. The molecular weight excluding hydrogens is 260 g/mol. The first-order chi connectivity index (χ1) is 9.69. The zero-order valence-corrected chi connectivity index (χ0v) is 10.9. The normalized spacial score (nSPS) is 14.3. The standard InChI is InChI=1S/C16H15F2NO/c17-12-7-13(18)9-16(8-12)20-15-5-1-11(2-6-15)10-19-14-3-4-14/h1-2,5-9,14,19H,3-4,10H2. The lowest BCUT2D eigenvalue weighted by Gasteiger charge is -2.08. The predicted octanol–water partition coefficient (Wildman–Crippen LogP) is 4.01. The van der Waals surface area contributed by atoms with Crippen LogP contribution in [0, 0.1) is 11.6 Å². The molecule has 3 rings (SSSR count). The molecule has 0 unspecified atom stereocenters. The highest BCUT2D eigenvalue weighted by molar-refractivity contribution is 5.33. The van der Waals surface area contributed by atoms with E-state index in [9.17, 15) is 8.78 Å². The summed E-state index contributed by atoms with van der Waals surface area (Å²) in [5.41, 5.74) is 1.16. The average Bonchev–Trinajstić information content (AvgIpc) is 3.21. The molecule has 1 aliphatic rings. The molecule has 0 atom stereocenters. The van der Waals surface area contributed by atoms with Crippen LogP contribution in [-0.4, -0.2) is 6.04 Å². The van der Waals surface area contributed by atoms with E-state index >= 15 is 0 Å². The summed E-state index contributed by atoms with van der Waals surface area (Å²) in [6.45, 7) is 0.833. The molecule has 0 aliphatic heterocycles. The average molecular weight is 275 g/mol. The number of nitrogens with one attached hydrogen (secondary N) is 1. The molecule has 104 valence electrons. The van der Waals surface area contributed by atoms with Crippen LogP contribution < -0.4 is 10.1 Å². The van der Waals surface area contributed by atoms with E-state index in [-0.39, 0.29) is 5.75 Å². The lowest BCUT2D eigenvalue weighted by molar-refractivity contribution is 0.468. The summed E-state index contributed by atoms with van der Waals surface area (Å²) in [5.74, 6) is -0.577. The molecule has 0 radical (unpaired) electrons. The third-order valence-corrected chi connectivity index (χ3v) is 3.17. The fraction of sp³-hybridized carbons (Fsp3) is 0.250. The molecule has 4 heteroatoms. The Balaban J connectivity index is 1.64. The Hall–Kier alpha value is -1.94. The van der Waals surface area contributed by atoms with Crippen molar-refractivity contribution in [2.45, 2.75) is 25.4 Å². The number of hydrogen-bond acceptors (Lipinski definition) is 2. The van der Waals surface area contributed by atoms with Crippen LogP contribution in [0.15, 0.2) is 42.5 Å². The van der Waals surface area contributed by atoms with Gasteiger partial charge in [0.1, 0.15) is 23.1 Å². The minimum Gasteiger partial charge on any atom is -0.457 e. The summed E-state index contributed by atoms with van der Waals surface area (Å²) in [5, 5.41) is 3.42. The fourth-order valence-electron chi connectivity index (χ4n) is 1.95. The van der Waals surface area contributed by atoms with Gasteiger partial charge in [0.25, 0.3) is 0 Å². The summed E-state index contributed by atoms with van der Waals surface area (Å²) in [7, 11) is 0. The van der Waals surface area contributed by atoms with Gasteiger partial charge < -0.3 is 10.1 Å². The smallest absolute Gasteiger partial charge is 0.133 e. The van der Waals surface area contributed by atoms with Crippen molar-refractivity contribution in [2.75, 3.05) is 0 Å². The molecule has 0 saturated heterocycles. The van der Waals surface area contributed by atoms with Crippen LogP contribution in [0.1, 0.15) is 18.4 Å². The Labute approximate surface area is 116 Å². The summed E-state index contributed by atoms with van der Waals surface area (Å²) >= 11 is 0. The van der Waals surface area contributed by atoms with Gasteiger partial charge in [0, 0.05) is 30.8 Å². The van der Waals surface area contributed by atoms with Gasteiger partial charge in [-0.25, -0.2) is 8.78 Å². The van der Waals surface area contributed by atoms with E-state index < -0.39 is 11.6 Å². The second-order valence-electron chi connectivity index (χ2n) is 5.01. The van der Waals surface area contributed by atoms with Crippen molar-refractivity contribution in [3.63, 3.8) is 0 Å². The van der Waals surface area contributed by atoms with E-state index in [0.717, 1.165) is 30.3 Å². The summed E-state index contributed by atoms with van der Waals surface area (Å²) in [4.78, 5) is 0. The van der Waals surface area contributed by atoms with Crippen LogP contribution in [0.5, 0.6) is 11.5 Å². The topological polar surface area (TPSA) is 21.3 Å². The third-order valence-electron chi connectivity index (χ3n) is 3.17. The first-order valence-corrected chi connectivity index (χ1v) is 6.65. The zero-order chi connectivity index (χ0) is 13.9. The lowest BCUT2D eigenvalue weighted by atomic mass is 10.2. The molecule has 2 aromatic carbocycles. The summed E-state index contributed by atoms with van der Waals surface area (Å²) in [6.07, 6.45) is 2.51. The van der Waals surface area contributed by atoms with Crippen molar-refractivity contribution in [1.29, 1.82) is 0 Å². The van der Waals surface area contributed by atoms with E-state index in [4.69, 9.17) is 4.74 Å². The minimum atomic E-state index is -0.648. The third kappa shape index (κ3) is 3.54. The van der Waals surface area contributed by atoms with Crippen molar-refractivity contribution in [1.82, 2.24) is 5.32 Å². The second-order valence-corrected chi connectivity index (χ2v) is 5.01. The lowest BCUT2D eigenvalue weighted by Crippen LogP contribution is -2.14. The van der Waals surface area contributed by atoms with Crippen molar-refractivity contribution in [2.24, 2.45) is 0 Å². The van der Waals surface area contributed by atoms with E-state index in [2.05, 4.69) is 5.32 Å². The molecule has 0 spiro atoms. The highest BCUT2D eigenvalue weighted by Crippen LogP contribution is 2.24. The highest BCUT2D eigenvalue weighted by atomic mass is 19.1. The van der Waals surface area contributed by atoms with E-state index in [1.807, 2.05) is 12.1 Å². The van der Waals surface area contributed by atoms with Gasteiger partial charge in [-0.3, -0.25) is 0 Å².